The lowest BCUT2D eigenvalue weighted by Crippen LogP contribution is -2.49. The van der Waals surface area contributed by atoms with Gasteiger partial charge in [-0.25, -0.2) is 13.4 Å². The highest BCUT2D eigenvalue weighted by atomic mass is 32.2. The number of rotatable bonds is 8. The maximum Gasteiger partial charge on any atom is 0.297 e. The van der Waals surface area contributed by atoms with Gasteiger partial charge in [-0.2, -0.15) is 0 Å². The number of likely N-dealkylation sites (tertiary alicyclic amines) is 1. The maximum absolute atomic E-state index is 13.4. The minimum atomic E-state index is -4.95. The van der Waals surface area contributed by atoms with Gasteiger partial charge >= 0.3 is 0 Å². The summed E-state index contributed by atoms with van der Waals surface area (Å²) in [5, 5.41) is 0. The molecule has 3 aliphatic rings. The quantitative estimate of drug-likeness (QED) is 0.203. The third-order valence-corrected chi connectivity index (χ3v) is 12.0. The van der Waals surface area contributed by atoms with Gasteiger partial charge in [-0.3, -0.25) is 9.69 Å². The van der Waals surface area contributed by atoms with Gasteiger partial charge in [-0.15, -0.1) is 0 Å². The zero-order valence-electron chi connectivity index (χ0n) is 25.9. The smallest absolute Gasteiger partial charge is 0.297 e. The number of hydrogen-bond donors (Lipinski definition) is 0. The molecule has 3 aliphatic heterocycles. The molecule has 3 saturated heterocycles. The van der Waals surface area contributed by atoms with Crippen molar-refractivity contribution in [2.45, 2.75) is 80.3 Å². The average molecular weight is 648 g/mol. The molecular weight excluding hydrogens is 608 g/mol. The average Bonchev–Trinajstić information content (AvgIpc) is 3.54. The molecule has 0 radical (unpaired) electrons. The Balaban J connectivity index is 1.06. The molecule has 0 saturated carbocycles. The van der Waals surface area contributed by atoms with Crippen molar-refractivity contribution < 1.29 is 22.2 Å². The molecule has 1 amide bonds. The van der Waals surface area contributed by atoms with Crippen LogP contribution in [0, 0.1) is 6.92 Å². The predicted octanol–water partition coefficient (Wildman–Crippen LogP) is 6.54. The van der Waals surface area contributed by atoms with Gasteiger partial charge in [-0.05, 0) is 99.7 Å². The largest absolute Gasteiger partial charge is 0.339 e. The van der Waals surface area contributed by atoms with Gasteiger partial charge in [0, 0.05) is 36.8 Å². The fourth-order valence-electron chi connectivity index (χ4n) is 8.45. The number of aromatic nitrogens is 2. The van der Waals surface area contributed by atoms with Crippen molar-refractivity contribution in [3.63, 3.8) is 0 Å². The molecule has 1 unspecified atom stereocenters. The van der Waals surface area contributed by atoms with Crippen LogP contribution >= 0.6 is 0 Å². The molecule has 4 aromatic rings. The first-order valence-electron chi connectivity index (χ1n) is 16.2. The van der Waals surface area contributed by atoms with E-state index in [2.05, 4.69) is 58.9 Å². The highest BCUT2D eigenvalue weighted by Gasteiger charge is 2.44. The van der Waals surface area contributed by atoms with E-state index in [1.165, 1.54) is 36.1 Å². The highest BCUT2D eigenvalue weighted by Crippen LogP contribution is 2.45. The number of halogens is 2. The lowest BCUT2D eigenvalue weighted by molar-refractivity contribution is -0.0538. The number of benzene rings is 3. The van der Waals surface area contributed by atoms with Crippen LogP contribution in [0.15, 0.2) is 83.8 Å². The molecule has 7 rings (SSSR count). The number of imidazole rings is 1. The van der Waals surface area contributed by atoms with Crippen molar-refractivity contribution in [2.75, 3.05) is 19.6 Å². The van der Waals surface area contributed by atoms with Crippen molar-refractivity contribution in [3.8, 4) is 0 Å². The lowest BCUT2D eigenvalue weighted by atomic mass is 9.70. The van der Waals surface area contributed by atoms with Crippen LogP contribution in [0.3, 0.4) is 0 Å². The summed E-state index contributed by atoms with van der Waals surface area (Å²) in [6, 6.07) is 25.4. The van der Waals surface area contributed by atoms with Crippen LogP contribution in [0.2, 0.25) is 0 Å². The van der Waals surface area contributed by atoms with Gasteiger partial charge in [0.2, 0.25) is 0 Å². The van der Waals surface area contributed by atoms with E-state index in [9.17, 15) is 22.2 Å². The van der Waals surface area contributed by atoms with E-state index < -0.39 is 19.7 Å². The Bertz CT molecular complexity index is 1830. The summed E-state index contributed by atoms with van der Waals surface area (Å²) >= 11 is 0. The molecule has 3 fully saturated rings. The minimum Gasteiger partial charge on any atom is -0.339 e. The molecule has 3 atom stereocenters. The fraction of sp³-hybridized carbons (Fsp3) is 0.429. The van der Waals surface area contributed by atoms with Crippen molar-refractivity contribution in [2.24, 2.45) is 0 Å². The van der Waals surface area contributed by atoms with Gasteiger partial charge in [0.25, 0.3) is 15.9 Å². The van der Waals surface area contributed by atoms with E-state index in [0.29, 0.717) is 31.2 Å². The van der Waals surface area contributed by atoms with Crippen LogP contribution in [-0.4, -0.2) is 70.1 Å². The van der Waals surface area contributed by atoms with Gasteiger partial charge in [0.05, 0.1) is 15.9 Å². The van der Waals surface area contributed by atoms with E-state index in [1.54, 1.807) is 4.90 Å². The van der Waals surface area contributed by atoms with Gasteiger partial charge in [-0.1, -0.05) is 57.5 Å². The van der Waals surface area contributed by atoms with Crippen LogP contribution in [0.5, 0.6) is 0 Å². The molecule has 0 aliphatic carbocycles. The van der Waals surface area contributed by atoms with Crippen LogP contribution < -0.4 is 0 Å². The third kappa shape index (κ3) is 5.52. The molecule has 2 bridgehead atoms. The Morgan fingerprint density at radius 1 is 0.913 bits per heavy atom. The summed E-state index contributed by atoms with van der Waals surface area (Å²) in [6.45, 7) is 4.13. The number of para-hydroxylation sites is 2. The first kappa shape index (κ1) is 31.0. The van der Waals surface area contributed by atoms with Crippen molar-refractivity contribution in [1.29, 1.82) is 0 Å². The second kappa shape index (κ2) is 12.2. The monoisotopic (exact) mass is 647 g/mol. The van der Waals surface area contributed by atoms with Crippen molar-refractivity contribution in [1.82, 2.24) is 24.1 Å². The Labute approximate surface area is 268 Å². The summed E-state index contributed by atoms with van der Waals surface area (Å²) in [5.74, 6) is 0.744. The van der Waals surface area contributed by atoms with E-state index in [0.717, 1.165) is 62.1 Å². The lowest BCUT2D eigenvalue weighted by Gasteiger charge is -2.45. The number of aryl methyl sites for hydroxylation is 1. The number of piperidine rings is 2. The standard InChI is InChI=1S/C35H39F2N5O3S/c1-25-38-32-12-5-6-13-33(32)41(25)30-23-28-14-15-29(24-30)40(28)21-18-35(27-9-3-2-4-10-27)16-19-39(20-17-35)34(43)26-8-7-11-31(22-26)46(44,45)42(36)37/h2-13,22,28-30H,14-21,23-24H2,1H3/t28-,29+,30?. The number of hydrogen-bond acceptors (Lipinski definition) is 5. The van der Waals surface area contributed by atoms with E-state index >= 15 is 0 Å². The number of nitrogens with zero attached hydrogens (tertiary/aromatic N) is 5. The summed E-state index contributed by atoms with van der Waals surface area (Å²) in [4.78, 5) is 22.2. The molecule has 46 heavy (non-hydrogen) atoms. The zero-order valence-corrected chi connectivity index (χ0v) is 26.8. The number of carbonyl (C=O) groups is 1. The van der Waals surface area contributed by atoms with Gasteiger partial charge < -0.3 is 9.47 Å². The van der Waals surface area contributed by atoms with Crippen LogP contribution in [0.25, 0.3) is 11.0 Å². The van der Waals surface area contributed by atoms with E-state index in [4.69, 9.17) is 4.98 Å². The van der Waals surface area contributed by atoms with Crippen LogP contribution in [0.4, 0.5) is 8.96 Å². The molecule has 0 N–H and O–H groups in total. The second-order valence-electron chi connectivity index (χ2n) is 13.2. The molecule has 3 aromatic carbocycles. The molecular formula is C35H39F2N5O3S. The molecule has 8 nitrogen and oxygen atoms in total. The Kier molecular flexibility index (Phi) is 8.19. The molecule has 0 spiro atoms. The Morgan fingerprint density at radius 2 is 1.59 bits per heavy atom. The Morgan fingerprint density at radius 3 is 2.28 bits per heavy atom. The van der Waals surface area contributed by atoms with Crippen LogP contribution in [-0.2, 0) is 15.4 Å². The zero-order chi connectivity index (χ0) is 32.1. The Hall–Kier alpha value is -3.67. The third-order valence-electron chi connectivity index (χ3n) is 10.8. The number of carbonyl (C=O) groups excluding carboxylic acids is 1. The first-order chi connectivity index (χ1) is 22.2. The van der Waals surface area contributed by atoms with Crippen molar-refractivity contribution in [3.05, 3.63) is 95.8 Å². The maximum atomic E-state index is 13.4. The minimum absolute atomic E-state index is 0.0930. The number of fused-ring (bicyclic) bond motifs is 3. The topological polar surface area (TPSA) is 78.8 Å². The van der Waals surface area contributed by atoms with E-state index in [1.807, 2.05) is 12.1 Å². The highest BCUT2D eigenvalue weighted by molar-refractivity contribution is 7.88. The predicted molar refractivity (Wildman–Crippen MR) is 172 cm³/mol. The van der Waals surface area contributed by atoms with Crippen molar-refractivity contribution >= 4 is 27.0 Å². The normalized spacial score (nSPS) is 23.3. The number of sulfonamides is 1. The summed E-state index contributed by atoms with van der Waals surface area (Å²) < 4.78 is 50.6. The number of amides is 1. The summed E-state index contributed by atoms with van der Waals surface area (Å²) in [7, 11) is -4.95. The summed E-state index contributed by atoms with van der Waals surface area (Å²) in [6.07, 6.45) is 7.20. The first-order valence-corrected chi connectivity index (χ1v) is 17.6. The van der Waals surface area contributed by atoms with Crippen LogP contribution in [0.1, 0.15) is 72.7 Å². The molecule has 1 aromatic heterocycles. The van der Waals surface area contributed by atoms with Gasteiger partial charge in [0.15, 0.2) is 0 Å². The van der Waals surface area contributed by atoms with Gasteiger partial charge in [0.1, 0.15) is 10.6 Å². The summed E-state index contributed by atoms with van der Waals surface area (Å²) in [5.41, 5.74) is 3.56. The molecule has 4 heterocycles. The molecule has 242 valence electrons. The SMILES string of the molecule is Cc1nc2ccccc2n1C1C[C@H]2CC[C@@H](C1)N2CCC1(c2ccccc2)CCN(C(=O)c2cccc(S(=O)(=O)N(F)F)c2)CC1. The molecule has 11 heteroatoms. The fourth-order valence-corrected chi connectivity index (χ4v) is 9.14. The van der Waals surface area contributed by atoms with E-state index in [-0.39, 0.29) is 16.9 Å². The second-order valence-corrected chi connectivity index (χ2v) is 14.9.